The third-order valence-electron chi connectivity index (χ3n) is 4.77. The van der Waals surface area contributed by atoms with Gasteiger partial charge < -0.3 is 10.2 Å². The number of rotatable bonds is 6. The van der Waals surface area contributed by atoms with Gasteiger partial charge in [0.05, 0.1) is 0 Å². The highest BCUT2D eigenvalue weighted by Gasteiger charge is 2.18. The van der Waals surface area contributed by atoms with Crippen LogP contribution in [0.4, 0.5) is 5.69 Å². The van der Waals surface area contributed by atoms with Crippen LogP contribution in [0.15, 0.2) is 36.7 Å². The molecule has 0 amide bonds. The van der Waals surface area contributed by atoms with Crippen molar-refractivity contribution >= 4 is 16.5 Å². The Balaban J connectivity index is 1.48. The standard InChI is InChI=1S/C19H27N3/c1-2-3-10-22-11-7-16(8-12-22)14-21-19-5-4-18-15-20-9-6-17(18)13-19/h4-6,9,13,15-16,21H,2-3,7-8,10-12,14H2,1H3. The maximum absolute atomic E-state index is 4.17. The number of pyridine rings is 1. The second kappa shape index (κ2) is 7.59. The minimum absolute atomic E-state index is 0.811. The Morgan fingerprint density at radius 1 is 1.18 bits per heavy atom. The Hall–Kier alpha value is -1.61. The summed E-state index contributed by atoms with van der Waals surface area (Å²) in [6.07, 6.45) is 9.08. The second-order valence-electron chi connectivity index (χ2n) is 6.46. The Bertz CT molecular complexity index is 588. The van der Waals surface area contributed by atoms with Gasteiger partial charge in [-0.25, -0.2) is 0 Å². The van der Waals surface area contributed by atoms with Crippen molar-refractivity contribution < 1.29 is 0 Å². The number of hydrogen-bond acceptors (Lipinski definition) is 3. The molecule has 3 rings (SSSR count). The molecule has 0 spiro atoms. The van der Waals surface area contributed by atoms with Crippen LogP contribution in [0.3, 0.4) is 0 Å². The van der Waals surface area contributed by atoms with E-state index in [0.29, 0.717) is 0 Å². The number of piperidine rings is 1. The highest BCUT2D eigenvalue weighted by Crippen LogP contribution is 2.21. The summed E-state index contributed by atoms with van der Waals surface area (Å²) in [4.78, 5) is 6.79. The number of likely N-dealkylation sites (tertiary alicyclic amines) is 1. The van der Waals surface area contributed by atoms with Crippen molar-refractivity contribution in [3.63, 3.8) is 0 Å². The van der Waals surface area contributed by atoms with Crippen molar-refractivity contribution in [3.8, 4) is 0 Å². The van der Waals surface area contributed by atoms with Gasteiger partial charge in [0.2, 0.25) is 0 Å². The topological polar surface area (TPSA) is 28.2 Å². The van der Waals surface area contributed by atoms with Crippen LogP contribution in [0.25, 0.3) is 10.8 Å². The van der Waals surface area contributed by atoms with E-state index in [1.807, 2.05) is 12.4 Å². The number of unbranched alkanes of at least 4 members (excludes halogenated alkanes) is 1. The van der Waals surface area contributed by atoms with Gasteiger partial charge in [-0.2, -0.15) is 0 Å². The van der Waals surface area contributed by atoms with E-state index in [-0.39, 0.29) is 0 Å². The third kappa shape index (κ3) is 3.98. The van der Waals surface area contributed by atoms with Crippen molar-refractivity contribution in [1.82, 2.24) is 9.88 Å². The summed E-state index contributed by atoms with van der Waals surface area (Å²) >= 11 is 0. The second-order valence-corrected chi connectivity index (χ2v) is 6.46. The molecule has 1 aliphatic heterocycles. The van der Waals surface area contributed by atoms with Crippen molar-refractivity contribution in [3.05, 3.63) is 36.7 Å². The van der Waals surface area contributed by atoms with Gasteiger partial charge in [-0.05, 0) is 68.4 Å². The Morgan fingerprint density at radius 3 is 2.86 bits per heavy atom. The molecule has 0 radical (unpaired) electrons. The van der Waals surface area contributed by atoms with E-state index < -0.39 is 0 Å². The lowest BCUT2D eigenvalue weighted by Crippen LogP contribution is -2.36. The van der Waals surface area contributed by atoms with E-state index in [0.717, 1.165) is 12.5 Å². The first-order valence-electron chi connectivity index (χ1n) is 8.65. The van der Waals surface area contributed by atoms with Crippen molar-refractivity contribution in [2.24, 2.45) is 5.92 Å². The van der Waals surface area contributed by atoms with E-state index in [1.165, 1.54) is 61.8 Å². The van der Waals surface area contributed by atoms with Crippen molar-refractivity contribution in [2.75, 3.05) is 31.5 Å². The summed E-state index contributed by atoms with van der Waals surface area (Å²) in [5, 5.41) is 6.09. The zero-order valence-corrected chi connectivity index (χ0v) is 13.6. The molecule has 22 heavy (non-hydrogen) atoms. The Morgan fingerprint density at radius 2 is 2.05 bits per heavy atom. The van der Waals surface area contributed by atoms with E-state index in [2.05, 4.69) is 46.4 Å². The SMILES string of the molecule is CCCCN1CCC(CNc2ccc3cnccc3c2)CC1. The van der Waals surface area contributed by atoms with Gasteiger partial charge in [0.1, 0.15) is 0 Å². The minimum atomic E-state index is 0.811. The molecule has 3 heteroatoms. The third-order valence-corrected chi connectivity index (χ3v) is 4.77. The van der Waals surface area contributed by atoms with Crippen molar-refractivity contribution in [1.29, 1.82) is 0 Å². The number of nitrogens with zero attached hydrogens (tertiary/aromatic N) is 2. The lowest BCUT2D eigenvalue weighted by atomic mass is 9.96. The van der Waals surface area contributed by atoms with Gasteiger partial charge in [0.25, 0.3) is 0 Å². The summed E-state index contributed by atoms with van der Waals surface area (Å²) in [6.45, 7) is 7.20. The lowest BCUT2D eigenvalue weighted by molar-refractivity contribution is 0.187. The average Bonchev–Trinajstić information content (AvgIpc) is 2.59. The maximum atomic E-state index is 4.17. The molecule has 1 aromatic heterocycles. The summed E-state index contributed by atoms with van der Waals surface area (Å²) in [5.74, 6) is 0.811. The lowest BCUT2D eigenvalue weighted by Gasteiger charge is -2.32. The monoisotopic (exact) mass is 297 g/mol. The molecule has 3 nitrogen and oxygen atoms in total. The number of nitrogens with one attached hydrogen (secondary N) is 1. The zero-order valence-electron chi connectivity index (χ0n) is 13.6. The predicted molar refractivity (Wildman–Crippen MR) is 94.3 cm³/mol. The van der Waals surface area contributed by atoms with Crippen LogP contribution in [-0.4, -0.2) is 36.1 Å². The molecule has 1 aromatic carbocycles. The molecule has 1 N–H and O–H groups in total. The maximum Gasteiger partial charge on any atom is 0.0346 e. The van der Waals surface area contributed by atoms with Crippen LogP contribution in [0.2, 0.25) is 0 Å². The quantitative estimate of drug-likeness (QED) is 0.868. The van der Waals surface area contributed by atoms with Gasteiger partial charge in [-0.1, -0.05) is 19.4 Å². The largest absolute Gasteiger partial charge is 0.385 e. The average molecular weight is 297 g/mol. The highest BCUT2D eigenvalue weighted by atomic mass is 15.1. The van der Waals surface area contributed by atoms with Crippen LogP contribution in [0.1, 0.15) is 32.6 Å². The Labute approximate surface area is 133 Å². The molecule has 0 aliphatic carbocycles. The van der Waals surface area contributed by atoms with Gasteiger partial charge in [0.15, 0.2) is 0 Å². The molecule has 0 atom stereocenters. The molecule has 0 unspecified atom stereocenters. The number of hydrogen-bond donors (Lipinski definition) is 1. The fraction of sp³-hybridized carbons (Fsp3) is 0.526. The van der Waals surface area contributed by atoms with Gasteiger partial charge in [0, 0.05) is 30.0 Å². The van der Waals surface area contributed by atoms with E-state index >= 15 is 0 Å². The summed E-state index contributed by atoms with van der Waals surface area (Å²) in [5.41, 5.74) is 1.23. The van der Waals surface area contributed by atoms with E-state index in [1.54, 1.807) is 0 Å². The number of benzene rings is 1. The van der Waals surface area contributed by atoms with Crippen LogP contribution < -0.4 is 5.32 Å². The fourth-order valence-corrected chi connectivity index (χ4v) is 3.25. The first-order chi connectivity index (χ1) is 10.8. The van der Waals surface area contributed by atoms with E-state index in [9.17, 15) is 0 Å². The molecule has 0 bridgehead atoms. The zero-order chi connectivity index (χ0) is 15.2. The predicted octanol–water partition coefficient (Wildman–Crippen LogP) is 4.16. The molecule has 1 saturated heterocycles. The van der Waals surface area contributed by atoms with Crippen LogP contribution >= 0.6 is 0 Å². The molecule has 118 valence electrons. The molecule has 1 fully saturated rings. The molecular weight excluding hydrogens is 270 g/mol. The van der Waals surface area contributed by atoms with Gasteiger partial charge >= 0.3 is 0 Å². The summed E-state index contributed by atoms with van der Waals surface area (Å²) < 4.78 is 0. The first kappa shape index (κ1) is 15.3. The van der Waals surface area contributed by atoms with Crippen LogP contribution in [0, 0.1) is 5.92 Å². The number of fused-ring (bicyclic) bond motifs is 1. The highest BCUT2D eigenvalue weighted by molar-refractivity contribution is 5.84. The first-order valence-corrected chi connectivity index (χ1v) is 8.65. The normalized spacial score (nSPS) is 17.0. The molecule has 0 saturated carbocycles. The van der Waals surface area contributed by atoms with Crippen molar-refractivity contribution in [2.45, 2.75) is 32.6 Å². The van der Waals surface area contributed by atoms with Gasteiger partial charge in [-0.3, -0.25) is 4.98 Å². The van der Waals surface area contributed by atoms with Crippen LogP contribution in [0.5, 0.6) is 0 Å². The molecular formula is C19H27N3. The number of anilines is 1. The summed E-state index contributed by atoms with van der Waals surface area (Å²) in [6, 6.07) is 8.62. The van der Waals surface area contributed by atoms with E-state index in [4.69, 9.17) is 0 Å². The molecule has 1 aliphatic rings. The molecule has 2 heterocycles. The number of aromatic nitrogens is 1. The Kier molecular flexibility index (Phi) is 5.28. The van der Waals surface area contributed by atoms with Crippen LogP contribution in [-0.2, 0) is 0 Å². The van der Waals surface area contributed by atoms with Gasteiger partial charge in [-0.15, -0.1) is 0 Å². The smallest absolute Gasteiger partial charge is 0.0346 e. The molecule has 2 aromatic rings. The fourth-order valence-electron chi connectivity index (χ4n) is 3.25. The summed E-state index contributed by atoms with van der Waals surface area (Å²) in [7, 11) is 0. The minimum Gasteiger partial charge on any atom is -0.385 e.